The summed E-state index contributed by atoms with van der Waals surface area (Å²) >= 11 is 0. The van der Waals surface area contributed by atoms with Crippen molar-refractivity contribution in [1.29, 1.82) is 0 Å². The van der Waals surface area contributed by atoms with Gasteiger partial charge in [-0.2, -0.15) is 0 Å². The van der Waals surface area contributed by atoms with Crippen molar-refractivity contribution in [3.63, 3.8) is 0 Å². The summed E-state index contributed by atoms with van der Waals surface area (Å²) in [5.74, 6) is 0.0952. The van der Waals surface area contributed by atoms with Crippen LogP contribution in [0.5, 0.6) is 0 Å². The zero-order valence-corrected chi connectivity index (χ0v) is 11.0. The summed E-state index contributed by atoms with van der Waals surface area (Å²) in [6, 6.07) is 3.91. The standard InChI is InChI=1S/C13H18N4O2/c1-15-8-10(7-12(15)18)14-13(19)17-6-5-16-4-2-3-11(16)9-17/h2-4,10H,5-9H2,1H3,(H,14,19)/t10-/m1/s1. The molecule has 3 heterocycles. The number of fused-ring (bicyclic) bond motifs is 1. The number of aromatic nitrogens is 1. The molecule has 3 amide bonds. The summed E-state index contributed by atoms with van der Waals surface area (Å²) in [6.45, 7) is 2.79. The van der Waals surface area contributed by atoms with Gasteiger partial charge in [0.2, 0.25) is 5.91 Å². The number of carbonyl (C=O) groups is 2. The molecule has 6 heteroatoms. The predicted molar refractivity (Wildman–Crippen MR) is 69.4 cm³/mol. The van der Waals surface area contributed by atoms with Crippen molar-refractivity contribution in [2.24, 2.45) is 0 Å². The Morgan fingerprint density at radius 1 is 1.42 bits per heavy atom. The fourth-order valence-corrected chi connectivity index (χ4v) is 2.71. The summed E-state index contributed by atoms with van der Waals surface area (Å²) in [5.41, 5.74) is 1.15. The van der Waals surface area contributed by atoms with E-state index < -0.39 is 0 Å². The molecule has 6 nitrogen and oxygen atoms in total. The summed E-state index contributed by atoms with van der Waals surface area (Å²) < 4.78 is 2.16. The molecular formula is C13H18N4O2. The van der Waals surface area contributed by atoms with Crippen molar-refractivity contribution in [1.82, 2.24) is 19.7 Å². The number of nitrogens with zero attached hydrogens (tertiary/aromatic N) is 3. The summed E-state index contributed by atoms with van der Waals surface area (Å²) in [4.78, 5) is 27.1. The third kappa shape index (κ3) is 2.30. The summed E-state index contributed by atoms with van der Waals surface area (Å²) in [7, 11) is 1.77. The second kappa shape index (κ2) is 4.60. The average Bonchev–Trinajstić information content (AvgIpc) is 2.96. The van der Waals surface area contributed by atoms with Crippen LogP contribution in [0.3, 0.4) is 0 Å². The fraction of sp³-hybridized carbons (Fsp3) is 0.538. The van der Waals surface area contributed by atoms with E-state index >= 15 is 0 Å². The Hall–Kier alpha value is -1.98. The molecule has 2 aliphatic heterocycles. The molecule has 0 spiro atoms. The van der Waals surface area contributed by atoms with Gasteiger partial charge >= 0.3 is 6.03 Å². The van der Waals surface area contributed by atoms with E-state index in [4.69, 9.17) is 0 Å². The quantitative estimate of drug-likeness (QED) is 0.788. The first kappa shape index (κ1) is 12.1. The molecule has 1 fully saturated rings. The van der Waals surface area contributed by atoms with Gasteiger partial charge in [0.1, 0.15) is 0 Å². The lowest BCUT2D eigenvalue weighted by Gasteiger charge is -2.29. The largest absolute Gasteiger partial charge is 0.348 e. The van der Waals surface area contributed by atoms with Crippen LogP contribution in [0.2, 0.25) is 0 Å². The van der Waals surface area contributed by atoms with Crippen LogP contribution < -0.4 is 5.32 Å². The minimum absolute atomic E-state index is 0.0567. The Balaban J connectivity index is 1.59. The predicted octanol–water partition coefficient (Wildman–Crippen LogP) is 0.244. The van der Waals surface area contributed by atoms with E-state index in [0.717, 1.165) is 12.2 Å². The van der Waals surface area contributed by atoms with Crippen molar-refractivity contribution in [2.75, 3.05) is 20.1 Å². The van der Waals surface area contributed by atoms with E-state index in [1.54, 1.807) is 16.8 Å². The smallest absolute Gasteiger partial charge is 0.318 e. The molecule has 1 aromatic rings. The van der Waals surface area contributed by atoms with E-state index in [1.165, 1.54) is 0 Å². The van der Waals surface area contributed by atoms with Crippen molar-refractivity contribution < 1.29 is 9.59 Å². The third-order valence-corrected chi connectivity index (χ3v) is 3.84. The van der Waals surface area contributed by atoms with Crippen LogP contribution in [-0.2, 0) is 17.9 Å². The summed E-state index contributed by atoms with van der Waals surface area (Å²) in [5, 5.41) is 2.95. The van der Waals surface area contributed by atoms with Gasteiger partial charge in [0.15, 0.2) is 0 Å². The zero-order valence-electron chi connectivity index (χ0n) is 11.0. The molecule has 1 saturated heterocycles. The van der Waals surface area contributed by atoms with E-state index in [0.29, 0.717) is 26.1 Å². The third-order valence-electron chi connectivity index (χ3n) is 3.84. The first-order chi connectivity index (χ1) is 9.13. The Morgan fingerprint density at radius 3 is 3.00 bits per heavy atom. The van der Waals surface area contributed by atoms with Gasteiger partial charge in [-0.1, -0.05) is 0 Å². The second-order valence-electron chi connectivity index (χ2n) is 5.24. The molecule has 0 aromatic carbocycles. The number of likely N-dealkylation sites (N-methyl/N-ethyl adjacent to an activating group) is 1. The lowest BCUT2D eigenvalue weighted by Crippen LogP contribution is -2.48. The molecule has 3 rings (SSSR count). The molecule has 1 N–H and O–H groups in total. The molecule has 1 atom stereocenters. The molecule has 0 aliphatic carbocycles. The highest BCUT2D eigenvalue weighted by Gasteiger charge is 2.29. The van der Waals surface area contributed by atoms with Gasteiger partial charge in [-0.25, -0.2) is 4.79 Å². The first-order valence-corrected chi connectivity index (χ1v) is 6.57. The molecule has 0 unspecified atom stereocenters. The van der Waals surface area contributed by atoms with Crippen LogP contribution in [-0.4, -0.2) is 52.5 Å². The van der Waals surface area contributed by atoms with Gasteiger partial charge in [0.25, 0.3) is 0 Å². The summed E-state index contributed by atoms with van der Waals surface area (Å²) in [6.07, 6.45) is 2.45. The van der Waals surface area contributed by atoms with Crippen LogP contribution in [0.25, 0.3) is 0 Å². The number of urea groups is 1. The minimum atomic E-state index is -0.0689. The highest BCUT2D eigenvalue weighted by atomic mass is 16.2. The van der Waals surface area contributed by atoms with Crippen molar-refractivity contribution in [2.45, 2.75) is 25.6 Å². The second-order valence-corrected chi connectivity index (χ2v) is 5.24. The molecular weight excluding hydrogens is 244 g/mol. The number of rotatable bonds is 1. The van der Waals surface area contributed by atoms with Gasteiger partial charge in [0, 0.05) is 45.0 Å². The maximum atomic E-state index is 12.2. The Morgan fingerprint density at radius 2 is 2.26 bits per heavy atom. The van der Waals surface area contributed by atoms with Crippen LogP contribution in [0.1, 0.15) is 12.1 Å². The van der Waals surface area contributed by atoms with Crippen molar-refractivity contribution in [3.8, 4) is 0 Å². The van der Waals surface area contributed by atoms with Gasteiger partial charge in [0.05, 0.1) is 12.6 Å². The number of hydrogen-bond donors (Lipinski definition) is 1. The maximum absolute atomic E-state index is 12.2. The SMILES string of the molecule is CN1C[C@H](NC(=O)N2CCn3cccc3C2)CC1=O. The number of carbonyl (C=O) groups excluding carboxylic acids is 2. The average molecular weight is 262 g/mol. The van der Waals surface area contributed by atoms with Gasteiger partial charge in [-0.3, -0.25) is 4.79 Å². The van der Waals surface area contributed by atoms with E-state index in [2.05, 4.69) is 9.88 Å². The fourth-order valence-electron chi connectivity index (χ4n) is 2.71. The Kier molecular flexibility index (Phi) is 2.93. The maximum Gasteiger partial charge on any atom is 0.318 e. The number of nitrogens with one attached hydrogen (secondary N) is 1. The molecule has 0 radical (unpaired) electrons. The van der Waals surface area contributed by atoms with Crippen LogP contribution in [0.15, 0.2) is 18.3 Å². The lowest BCUT2D eigenvalue weighted by molar-refractivity contribution is -0.126. The van der Waals surface area contributed by atoms with E-state index in [9.17, 15) is 9.59 Å². The van der Waals surface area contributed by atoms with Crippen LogP contribution in [0, 0.1) is 0 Å². The number of amides is 3. The molecule has 1 aromatic heterocycles. The highest BCUT2D eigenvalue weighted by molar-refractivity contribution is 5.81. The highest BCUT2D eigenvalue weighted by Crippen LogP contribution is 2.14. The van der Waals surface area contributed by atoms with E-state index in [1.807, 2.05) is 18.3 Å². The normalized spacial score (nSPS) is 22.6. The Labute approximate surface area is 112 Å². The van der Waals surface area contributed by atoms with E-state index in [-0.39, 0.29) is 18.0 Å². The molecule has 0 saturated carbocycles. The minimum Gasteiger partial charge on any atom is -0.348 e. The molecule has 19 heavy (non-hydrogen) atoms. The molecule has 0 bridgehead atoms. The van der Waals surface area contributed by atoms with Crippen molar-refractivity contribution in [3.05, 3.63) is 24.0 Å². The van der Waals surface area contributed by atoms with Crippen LogP contribution >= 0.6 is 0 Å². The zero-order chi connectivity index (χ0) is 13.4. The Bertz CT molecular complexity index is 510. The number of hydrogen-bond acceptors (Lipinski definition) is 2. The molecule has 2 aliphatic rings. The van der Waals surface area contributed by atoms with Gasteiger partial charge in [-0.05, 0) is 12.1 Å². The lowest BCUT2D eigenvalue weighted by atomic mass is 10.2. The van der Waals surface area contributed by atoms with Crippen LogP contribution in [0.4, 0.5) is 4.79 Å². The monoisotopic (exact) mass is 262 g/mol. The first-order valence-electron chi connectivity index (χ1n) is 6.57. The van der Waals surface area contributed by atoms with Gasteiger partial charge in [-0.15, -0.1) is 0 Å². The van der Waals surface area contributed by atoms with Crippen molar-refractivity contribution >= 4 is 11.9 Å². The van der Waals surface area contributed by atoms with Gasteiger partial charge < -0.3 is 19.7 Å². The molecule has 102 valence electrons. The topological polar surface area (TPSA) is 57.6 Å². The number of likely N-dealkylation sites (tertiary alicyclic amines) is 1.